The van der Waals surface area contributed by atoms with E-state index in [0.29, 0.717) is 11.6 Å². The number of halogens is 2. The van der Waals surface area contributed by atoms with E-state index in [4.69, 9.17) is 11.6 Å². The zero-order valence-corrected chi connectivity index (χ0v) is 12.1. The van der Waals surface area contributed by atoms with E-state index in [1.54, 1.807) is 12.1 Å². The van der Waals surface area contributed by atoms with Crippen LogP contribution < -0.4 is 5.32 Å². The van der Waals surface area contributed by atoms with Crippen molar-refractivity contribution in [3.63, 3.8) is 0 Å². The summed E-state index contributed by atoms with van der Waals surface area (Å²) in [5, 5.41) is 14.3. The van der Waals surface area contributed by atoms with Crippen molar-refractivity contribution < 1.29 is 9.31 Å². The minimum atomic E-state index is -0.428. The van der Waals surface area contributed by atoms with Crippen LogP contribution in [0.25, 0.3) is 0 Å². The Labute approximate surface area is 126 Å². The second-order valence-corrected chi connectivity index (χ2v) is 5.17. The summed E-state index contributed by atoms with van der Waals surface area (Å²) in [4.78, 5) is 10.3. The van der Waals surface area contributed by atoms with Crippen LogP contribution in [0, 0.1) is 15.9 Å². The molecule has 110 valence electrons. The van der Waals surface area contributed by atoms with E-state index in [1.807, 2.05) is 13.0 Å². The van der Waals surface area contributed by atoms with E-state index in [-0.39, 0.29) is 17.5 Å². The lowest BCUT2D eigenvalue weighted by Gasteiger charge is -2.14. The van der Waals surface area contributed by atoms with Crippen LogP contribution in [0.3, 0.4) is 0 Å². The maximum Gasteiger partial charge on any atom is 0.269 e. The van der Waals surface area contributed by atoms with Gasteiger partial charge in [-0.25, -0.2) is 4.39 Å². The lowest BCUT2D eigenvalue weighted by molar-refractivity contribution is -0.384. The summed E-state index contributed by atoms with van der Waals surface area (Å²) in [6.07, 6.45) is 0. The topological polar surface area (TPSA) is 55.2 Å². The van der Waals surface area contributed by atoms with Gasteiger partial charge < -0.3 is 5.32 Å². The maximum absolute atomic E-state index is 13.2. The minimum absolute atomic E-state index is 0.0509. The van der Waals surface area contributed by atoms with Gasteiger partial charge in [-0.3, -0.25) is 10.1 Å². The number of benzene rings is 2. The van der Waals surface area contributed by atoms with E-state index in [9.17, 15) is 14.5 Å². The third-order valence-electron chi connectivity index (χ3n) is 3.12. The van der Waals surface area contributed by atoms with Crippen molar-refractivity contribution in [2.24, 2.45) is 0 Å². The summed E-state index contributed by atoms with van der Waals surface area (Å²) < 4.78 is 13.2. The zero-order valence-electron chi connectivity index (χ0n) is 11.3. The molecular weight excluding hydrogens is 295 g/mol. The van der Waals surface area contributed by atoms with Crippen LogP contribution >= 0.6 is 11.6 Å². The molecule has 1 unspecified atom stereocenters. The number of nitrogens with zero attached hydrogens (tertiary/aromatic N) is 1. The fourth-order valence-corrected chi connectivity index (χ4v) is 2.25. The van der Waals surface area contributed by atoms with Crippen LogP contribution in [0.1, 0.15) is 24.1 Å². The van der Waals surface area contributed by atoms with Crippen molar-refractivity contribution in [2.75, 3.05) is 0 Å². The smallest absolute Gasteiger partial charge is 0.269 e. The Kier molecular flexibility index (Phi) is 4.88. The number of nitro benzene ring substituents is 1. The van der Waals surface area contributed by atoms with Gasteiger partial charge in [-0.2, -0.15) is 0 Å². The lowest BCUT2D eigenvalue weighted by Crippen LogP contribution is -2.18. The predicted molar refractivity (Wildman–Crippen MR) is 79.8 cm³/mol. The molecule has 0 amide bonds. The molecule has 2 rings (SSSR count). The summed E-state index contributed by atoms with van der Waals surface area (Å²) >= 11 is 5.80. The van der Waals surface area contributed by atoms with Crippen LogP contribution in [-0.4, -0.2) is 4.92 Å². The van der Waals surface area contributed by atoms with Gasteiger partial charge in [-0.15, -0.1) is 0 Å². The first-order valence-electron chi connectivity index (χ1n) is 6.38. The quantitative estimate of drug-likeness (QED) is 0.664. The highest BCUT2D eigenvalue weighted by Gasteiger charge is 2.10. The molecule has 0 spiro atoms. The first kappa shape index (κ1) is 15.4. The molecule has 0 aromatic heterocycles. The van der Waals surface area contributed by atoms with Gasteiger partial charge in [-0.1, -0.05) is 23.7 Å². The highest BCUT2D eigenvalue weighted by molar-refractivity contribution is 6.30. The lowest BCUT2D eigenvalue weighted by atomic mass is 10.1. The van der Waals surface area contributed by atoms with Crippen LogP contribution in [0.5, 0.6) is 0 Å². The Hall–Kier alpha value is -1.98. The van der Waals surface area contributed by atoms with Crippen LogP contribution in [0.15, 0.2) is 42.5 Å². The maximum atomic E-state index is 13.2. The Morgan fingerprint density at radius 2 is 2.10 bits per heavy atom. The average Bonchev–Trinajstić information content (AvgIpc) is 2.44. The molecule has 0 bridgehead atoms. The van der Waals surface area contributed by atoms with Gasteiger partial charge in [0.1, 0.15) is 5.82 Å². The summed E-state index contributed by atoms with van der Waals surface area (Å²) in [5.74, 6) is -0.387. The average molecular weight is 309 g/mol. The van der Waals surface area contributed by atoms with Gasteiger partial charge in [-0.05, 0) is 36.2 Å². The number of non-ortho nitro benzene ring substituents is 1. The number of hydrogen-bond donors (Lipinski definition) is 1. The molecule has 0 heterocycles. The molecule has 0 aliphatic carbocycles. The van der Waals surface area contributed by atoms with Crippen molar-refractivity contribution in [1.82, 2.24) is 5.32 Å². The van der Waals surface area contributed by atoms with Crippen molar-refractivity contribution >= 4 is 17.3 Å². The van der Waals surface area contributed by atoms with Crippen LogP contribution in [-0.2, 0) is 6.54 Å². The molecule has 0 saturated heterocycles. The van der Waals surface area contributed by atoms with Gasteiger partial charge in [0.15, 0.2) is 0 Å². The molecule has 0 radical (unpaired) electrons. The summed E-state index contributed by atoms with van der Waals surface area (Å²) in [6, 6.07) is 10.6. The van der Waals surface area contributed by atoms with E-state index < -0.39 is 4.92 Å². The van der Waals surface area contributed by atoms with Crippen molar-refractivity contribution in [2.45, 2.75) is 19.5 Å². The fraction of sp³-hybridized carbons (Fsp3) is 0.200. The SMILES string of the molecule is CC(NCc1cc(F)cc(Cl)c1)c1cccc([N+](=O)[O-])c1. The third kappa shape index (κ3) is 4.24. The Balaban J connectivity index is 2.06. The molecule has 6 heteroatoms. The first-order valence-corrected chi connectivity index (χ1v) is 6.76. The second-order valence-electron chi connectivity index (χ2n) is 4.73. The molecule has 1 atom stereocenters. The van der Waals surface area contributed by atoms with Gasteiger partial charge in [0.25, 0.3) is 5.69 Å². The van der Waals surface area contributed by atoms with E-state index in [2.05, 4.69) is 5.32 Å². The largest absolute Gasteiger partial charge is 0.306 e. The number of rotatable bonds is 5. The second kappa shape index (κ2) is 6.65. The molecule has 2 aromatic rings. The van der Waals surface area contributed by atoms with Crippen molar-refractivity contribution in [1.29, 1.82) is 0 Å². The number of nitro groups is 1. The summed E-state index contributed by atoms with van der Waals surface area (Å²) in [6.45, 7) is 2.31. The summed E-state index contributed by atoms with van der Waals surface area (Å²) in [7, 11) is 0. The Morgan fingerprint density at radius 3 is 2.76 bits per heavy atom. The molecule has 0 saturated carbocycles. The monoisotopic (exact) mass is 308 g/mol. The van der Waals surface area contributed by atoms with Crippen molar-refractivity contribution in [3.8, 4) is 0 Å². The van der Waals surface area contributed by atoms with Gasteiger partial charge in [0.2, 0.25) is 0 Å². The normalized spacial score (nSPS) is 12.1. The van der Waals surface area contributed by atoms with Crippen molar-refractivity contribution in [3.05, 3.63) is 74.5 Å². The highest BCUT2D eigenvalue weighted by atomic mass is 35.5. The summed E-state index contributed by atoms with van der Waals surface area (Å²) in [5.41, 5.74) is 1.57. The number of nitrogens with one attached hydrogen (secondary N) is 1. The zero-order chi connectivity index (χ0) is 15.4. The number of hydrogen-bond acceptors (Lipinski definition) is 3. The Morgan fingerprint density at radius 1 is 1.33 bits per heavy atom. The Bertz CT molecular complexity index is 644. The first-order chi connectivity index (χ1) is 9.95. The molecule has 4 nitrogen and oxygen atoms in total. The molecule has 0 aliphatic heterocycles. The third-order valence-corrected chi connectivity index (χ3v) is 3.33. The van der Waals surface area contributed by atoms with Gasteiger partial charge >= 0.3 is 0 Å². The molecule has 21 heavy (non-hydrogen) atoms. The minimum Gasteiger partial charge on any atom is -0.306 e. The molecular formula is C15H14ClFN2O2. The molecule has 2 aromatic carbocycles. The van der Waals surface area contributed by atoms with E-state index >= 15 is 0 Å². The van der Waals surface area contributed by atoms with E-state index in [0.717, 1.165) is 11.1 Å². The molecule has 0 aliphatic rings. The predicted octanol–water partition coefficient (Wildman–Crippen LogP) is 4.24. The standard InChI is InChI=1S/C15H14ClFN2O2/c1-10(12-3-2-4-15(7-12)19(20)21)18-9-11-5-13(16)8-14(17)6-11/h2-8,10,18H,9H2,1H3. The fourth-order valence-electron chi connectivity index (χ4n) is 2.01. The highest BCUT2D eigenvalue weighted by Crippen LogP contribution is 2.20. The van der Waals surface area contributed by atoms with Gasteiger partial charge in [0.05, 0.1) is 4.92 Å². The molecule has 1 N–H and O–H groups in total. The molecule has 0 fully saturated rings. The van der Waals surface area contributed by atoms with E-state index in [1.165, 1.54) is 24.3 Å². The van der Waals surface area contributed by atoms with Crippen LogP contribution in [0.2, 0.25) is 5.02 Å². The van der Waals surface area contributed by atoms with Gasteiger partial charge in [0, 0.05) is 29.7 Å². The van der Waals surface area contributed by atoms with Crippen LogP contribution in [0.4, 0.5) is 10.1 Å².